The molecule has 5 rings (SSSR count). The van der Waals surface area contributed by atoms with Crippen molar-refractivity contribution in [3.63, 3.8) is 0 Å². The van der Waals surface area contributed by atoms with Gasteiger partial charge in [0.05, 0.1) is 16.1 Å². The molecule has 4 N–H and O–H groups in total. The number of hydrogen-bond donors (Lipinski definition) is 4. The molecule has 0 bridgehead atoms. The van der Waals surface area contributed by atoms with E-state index < -0.39 is 43.8 Å². The summed E-state index contributed by atoms with van der Waals surface area (Å²) in [5.74, 6) is -2.64. The Kier molecular flexibility index (Phi) is 8.78. The fourth-order valence-corrected chi connectivity index (χ4v) is 6.64. The molecule has 0 unspecified atom stereocenters. The third kappa shape index (κ3) is 6.90. The Hall–Kier alpha value is -4.60. The lowest BCUT2D eigenvalue weighted by atomic mass is 9.84. The third-order valence-corrected chi connectivity index (χ3v) is 9.06. The number of anilines is 2. The maximum Gasteiger partial charge on any atom is 0.272 e. The summed E-state index contributed by atoms with van der Waals surface area (Å²) in [5, 5.41) is 12.6. The predicted octanol–water partition coefficient (Wildman–Crippen LogP) is 3.94. The van der Waals surface area contributed by atoms with Crippen LogP contribution in [0, 0.1) is 11.6 Å². The van der Waals surface area contributed by atoms with E-state index in [4.69, 9.17) is 4.74 Å². The molecule has 45 heavy (non-hydrogen) atoms. The van der Waals surface area contributed by atoms with Gasteiger partial charge < -0.3 is 25.3 Å². The van der Waals surface area contributed by atoms with Gasteiger partial charge >= 0.3 is 0 Å². The van der Waals surface area contributed by atoms with Crippen molar-refractivity contribution in [1.82, 2.24) is 24.4 Å². The zero-order chi connectivity index (χ0) is 32.5. The van der Waals surface area contributed by atoms with Crippen molar-refractivity contribution in [2.24, 2.45) is 0 Å². The molecule has 3 heterocycles. The lowest BCUT2D eigenvalue weighted by molar-refractivity contribution is 0.102. The number of benzene rings is 2. The van der Waals surface area contributed by atoms with Crippen LogP contribution in [0.1, 0.15) is 46.0 Å². The average Bonchev–Trinajstić information content (AvgIpc) is 3.63. The van der Waals surface area contributed by atoms with Crippen molar-refractivity contribution in [1.29, 1.82) is 0 Å². The topological polar surface area (TPSA) is 153 Å². The Morgan fingerprint density at radius 2 is 1.80 bits per heavy atom. The number of aromatic amines is 2. The Balaban J connectivity index is 1.44. The van der Waals surface area contributed by atoms with Gasteiger partial charge in [-0.25, -0.2) is 17.2 Å². The van der Waals surface area contributed by atoms with Gasteiger partial charge in [0.2, 0.25) is 10.0 Å². The minimum Gasteiger partial charge on any atom is -0.492 e. The lowest BCUT2D eigenvalue weighted by Crippen LogP contribution is -2.45. The van der Waals surface area contributed by atoms with Gasteiger partial charge in [-0.3, -0.25) is 14.7 Å². The summed E-state index contributed by atoms with van der Waals surface area (Å²) in [6, 6.07) is 10.0. The molecular formula is C30H33F2N7O5S. The van der Waals surface area contributed by atoms with E-state index >= 15 is 0 Å². The van der Waals surface area contributed by atoms with Crippen molar-refractivity contribution in [3.8, 4) is 5.75 Å². The van der Waals surface area contributed by atoms with Crippen LogP contribution in [0.3, 0.4) is 0 Å². The molecular weight excluding hydrogens is 608 g/mol. The number of likely N-dealkylation sites (N-methyl/N-ethyl adjacent to an activating group) is 1. The summed E-state index contributed by atoms with van der Waals surface area (Å²) in [6.45, 7) is 4.35. The molecule has 0 atom stereocenters. The number of carbonyl (C=O) groups is 2. The molecule has 238 valence electrons. The van der Waals surface area contributed by atoms with Crippen LogP contribution in [0.2, 0.25) is 0 Å². The van der Waals surface area contributed by atoms with E-state index in [-0.39, 0.29) is 35.9 Å². The SMILES string of the molecule is CN(C)CCOc1ccc(C(=O)Nc2n[nH]c3c2CN(S(=O)(=O)c2cc(F)cc(F)c2)CC3(C)C)c(NC(=O)c2ccc[nH]2)c1. The molecule has 4 aromatic rings. The van der Waals surface area contributed by atoms with E-state index in [2.05, 4.69) is 25.8 Å². The molecule has 0 radical (unpaired) electrons. The Morgan fingerprint density at radius 3 is 2.47 bits per heavy atom. The molecule has 1 aliphatic rings. The highest BCUT2D eigenvalue weighted by atomic mass is 32.2. The summed E-state index contributed by atoms with van der Waals surface area (Å²) in [7, 11) is -0.511. The van der Waals surface area contributed by atoms with Gasteiger partial charge in [0.25, 0.3) is 11.8 Å². The molecule has 1 aliphatic heterocycles. The normalized spacial score (nSPS) is 14.6. The molecule has 0 fully saturated rings. The fourth-order valence-electron chi connectivity index (χ4n) is 5.03. The van der Waals surface area contributed by atoms with Gasteiger partial charge in [0.15, 0.2) is 5.82 Å². The Bertz CT molecular complexity index is 1820. The summed E-state index contributed by atoms with van der Waals surface area (Å²) in [5.41, 5.74) is 0.741. The smallest absolute Gasteiger partial charge is 0.272 e. The number of hydrogen-bond acceptors (Lipinski definition) is 7. The van der Waals surface area contributed by atoms with Crippen LogP contribution in [0.15, 0.2) is 59.6 Å². The highest BCUT2D eigenvalue weighted by Gasteiger charge is 2.41. The van der Waals surface area contributed by atoms with Gasteiger partial charge in [0, 0.05) is 54.6 Å². The van der Waals surface area contributed by atoms with Crippen molar-refractivity contribution < 1.29 is 31.5 Å². The van der Waals surface area contributed by atoms with Crippen LogP contribution in [0.4, 0.5) is 20.3 Å². The van der Waals surface area contributed by atoms with E-state index in [0.29, 0.717) is 36.2 Å². The zero-order valence-corrected chi connectivity index (χ0v) is 25.9. The summed E-state index contributed by atoms with van der Waals surface area (Å²) < 4.78 is 61.7. The molecule has 0 saturated carbocycles. The lowest BCUT2D eigenvalue weighted by Gasteiger charge is -2.36. The minimum atomic E-state index is -4.32. The van der Waals surface area contributed by atoms with Gasteiger partial charge in [0.1, 0.15) is 29.7 Å². The second kappa shape index (κ2) is 12.4. The molecule has 2 aromatic heterocycles. The van der Waals surface area contributed by atoms with Crippen molar-refractivity contribution in [2.45, 2.75) is 30.7 Å². The number of ether oxygens (including phenoxy) is 1. The monoisotopic (exact) mass is 641 g/mol. The van der Waals surface area contributed by atoms with Gasteiger partial charge in [-0.2, -0.15) is 9.40 Å². The molecule has 2 aromatic carbocycles. The largest absolute Gasteiger partial charge is 0.492 e. The fraction of sp³-hybridized carbons (Fsp3) is 0.300. The number of rotatable bonds is 10. The number of nitrogens with zero attached hydrogens (tertiary/aromatic N) is 3. The molecule has 15 heteroatoms. The number of fused-ring (bicyclic) bond motifs is 1. The minimum absolute atomic E-state index is 0.0136. The number of aromatic nitrogens is 3. The third-order valence-electron chi connectivity index (χ3n) is 7.29. The van der Waals surface area contributed by atoms with E-state index in [1.807, 2.05) is 19.0 Å². The summed E-state index contributed by atoms with van der Waals surface area (Å²) in [6.07, 6.45) is 1.60. The first-order chi connectivity index (χ1) is 21.2. The van der Waals surface area contributed by atoms with Crippen LogP contribution < -0.4 is 15.4 Å². The van der Waals surface area contributed by atoms with E-state index in [1.165, 1.54) is 6.07 Å². The van der Waals surface area contributed by atoms with E-state index in [0.717, 1.165) is 16.4 Å². The molecule has 0 aliphatic carbocycles. The average molecular weight is 642 g/mol. The highest BCUT2D eigenvalue weighted by molar-refractivity contribution is 7.89. The standard InChI is InChI=1S/C30H33F2N7O5S/c1-30(2)17-39(45(42,43)21-13-18(31)12-19(32)14-21)16-23-26(30)36-37-27(23)35-28(40)22-8-7-20(44-11-10-38(3)4)15-25(22)34-29(41)24-6-5-9-33-24/h5-9,12-15,33H,10-11,16-17H2,1-4H3,(H,34,41)(H2,35,36,37,40). The molecule has 0 spiro atoms. The van der Waals surface area contributed by atoms with Gasteiger partial charge in [-0.05, 0) is 50.5 Å². The van der Waals surface area contributed by atoms with Crippen molar-refractivity contribution in [2.75, 3.05) is 44.4 Å². The van der Waals surface area contributed by atoms with Gasteiger partial charge in [-0.1, -0.05) is 13.8 Å². The first-order valence-electron chi connectivity index (χ1n) is 14.0. The molecule has 0 saturated heterocycles. The van der Waals surface area contributed by atoms with Crippen LogP contribution in [-0.4, -0.2) is 78.4 Å². The number of sulfonamides is 1. The Labute approximate surface area is 258 Å². The number of halogens is 2. The van der Waals surface area contributed by atoms with Crippen LogP contribution in [-0.2, 0) is 22.0 Å². The molecule has 12 nitrogen and oxygen atoms in total. The number of nitrogens with one attached hydrogen (secondary N) is 4. The highest BCUT2D eigenvalue weighted by Crippen LogP contribution is 2.38. The second-order valence-corrected chi connectivity index (χ2v) is 13.5. The maximum absolute atomic E-state index is 13.9. The first-order valence-corrected chi connectivity index (χ1v) is 15.4. The van der Waals surface area contributed by atoms with Crippen molar-refractivity contribution in [3.05, 3.63) is 88.9 Å². The van der Waals surface area contributed by atoms with E-state index in [1.54, 1.807) is 44.3 Å². The summed E-state index contributed by atoms with van der Waals surface area (Å²) in [4.78, 5) is 30.8. The Morgan fingerprint density at radius 1 is 1.07 bits per heavy atom. The maximum atomic E-state index is 13.9. The van der Waals surface area contributed by atoms with Gasteiger partial charge in [-0.15, -0.1) is 0 Å². The van der Waals surface area contributed by atoms with E-state index in [9.17, 15) is 26.8 Å². The quantitative estimate of drug-likeness (QED) is 0.205. The van der Waals surface area contributed by atoms with Crippen LogP contribution in [0.25, 0.3) is 0 Å². The zero-order valence-electron chi connectivity index (χ0n) is 25.1. The number of H-pyrrole nitrogens is 2. The predicted molar refractivity (Wildman–Crippen MR) is 163 cm³/mol. The summed E-state index contributed by atoms with van der Waals surface area (Å²) >= 11 is 0. The number of amides is 2. The second-order valence-electron chi connectivity index (χ2n) is 11.5. The van der Waals surface area contributed by atoms with Crippen molar-refractivity contribution >= 4 is 33.3 Å². The molecule has 2 amide bonds. The van der Waals surface area contributed by atoms with Crippen LogP contribution >= 0.6 is 0 Å². The van der Waals surface area contributed by atoms with Crippen LogP contribution in [0.5, 0.6) is 5.75 Å². The first kappa shape index (κ1) is 31.8. The number of carbonyl (C=O) groups excluding carboxylic acids is 2.